The van der Waals surface area contributed by atoms with E-state index in [2.05, 4.69) is 20.3 Å². The smallest absolute Gasteiger partial charge is 0.116 e. The first-order chi connectivity index (χ1) is 8.93. The second-order valence-corrected chi connectivity index (χ2v) is 5.64. The molecular weight excluding hydrogens is 244 g/mol. The SMILES string of the molecule is C1=NCc2cncnc2-c2sc3c(c21)CCNC3. The van der Waals surface area contributed by atoms with Crippen molar-refractivity contribution in [3.63, 3.8) is 0 Å². The molecule has 4 heterocycles. The number of aliphatic imine (C=N–C) groups is 1. The minimum atomic E-state index is 0.685. The van der Waals surface area contributed by atoms with E-state index in [0.29, 0.717) is 6.54 Å². The molecule has 0 spiro atoms. The third-order valence-electron chi connectivity index (χ3n) is 3.45. The number of fused-ring (bicyclic) bond motifs is 5. The van der Waals surface area contributed by atoms with Gasteiger partial charge in [-0.25, -0.2) is 9.97 Å². The molecule has 0 bridgehead atoms. The standard InChI is InChI=1S/C13H12N4S/c1-2-14-6-11-9(1)10-5-15-3-8-4-16-7-17-12(8)13(10)18-11/h4-5,7,14H,1-3,6H2. The van der Waals surface area contributed by atoms with Gasteiger partial charge < -0.3 is 5.32 Å². The Morgan fingerprint density at radius 2 is 2.33 bits per heavy atom. The summed E-state index contributed by atoms with van der Waals surface area (Å²) in [6.45, 7) is 2.71. The predicted molar refractivity (Wildman–Crippen MR) is 72.1 cm³/mol. The Kier molecular flexibility index (Phi) is 2.28. The van der Waals surface area contributed by atoms with E-state index in [4.69, 9.17) is 0 Å². The summed E-state index contributed by atoms with van der Waals surface area (Å²) in [5.41, 5.74) is 4.94. The summed E-state index contributed by atoms with van der Waals surface area (Å²) in [6, 6.07) is 0. The zero-order chi connectivity index (χ0) is 11.9. The first kappa shape index (κ1) is 10.3. The van der Waals surface area contributed by atoms with E-state index in [0.717, 1.165) is 30.8 Å². The molecule has 0 fully saturated rings. The third-order valence-corrected chi connectivity index (χ3v) is 4.71. The van der Waals surface area contributed by atoms with Crippen LogP contribution in [0.2, 0.25) is 0 Å². The first-order valence-electron chi connectivity index (χ1n) is 6.08. The second-order valence-electron chi connectivity index (χ2n) is 4.54. The fourth-order valence-electron chi connectivity index (χ4n) is 2.59. The normalized spacial score (nSPS) is 16.7. The number of hydrogen-bond donors (Lipinski definition) is 1. The fraction of sp³-hybridized carbons (Fsp3) is 0.308. The highest BCUT2D eigenvalue weighted by Crippen LogP contribution is 2.38. The molecule has 2 aromatic rings. The van der Waals surface area contributed by atoms with Crippen LogP contribution >= 0.6 is 11.3 Å². The lowest BCUT2D eigenvalue weighted by Gasteiger charge is -2.12. The van der Waals surface area contributed by atoms with Crippen LogP contribution in [-0.2, 0) is 19.5 Å². The molecule has 0 amide bonds. The molecule has 18 heavy (non-hydrogen) atoms. The van der Waals surface area contributed by atoms with Crippen LogP contribution < -0.4 is 5.32 Å². The molecule has 2 aromatic heterocycles. The number of thiophene rings is 1. The van der Waals surface area contributed by atoms with Gasteiger partial charge in [-0.15, -0.1) is 11.3 Å². The lowest BCUT2D eigenvalue weighted by atomic mass is 10.0. The number of aromatic nitrogens is 2. The summed E-state index contributed by atoms with van der Waals surface area (Å²) in [5.74, 6) is 0. The van der Waals surface area contributed by atoms with Gasteiger partial charge in [0.05, 0.1) is 17.1 Å². The molecule has 5 heteroatoms. The summed E-state index contributed by atoms with van der Waals surface area (Å²) in [5, 5.41) is 3.42. The molecule has 0 unspecified atom stereocenters. The molecule has 0 aliphatic carbocycles. The highest BCUT2D eigenvalue weighted by Gasteiger charge is 2.23. The highest BCUT2D eigenvalue weighted by atomic mass is 32.1. The largest absolute Gasteiger partial charge is 0.312 e. The van der Waals surface area contributed by atoms with Gasteiger partial charge >= 0.3 is 0 Å². The summed E-state index contributed by atoms with van der Waals surface area (Å²) in [4.78, 5) is 15.8. The molecule has 0 radical (unpaired) electrons. The molecule has 0 aromatic carbocycles. The Balaban J connectivity index is 2.00. The van der Waals surface area contributed by atoms with Crippen molar-refractivity contribution in [2.24, 2.45) is 4.99 Å². The maximum absolute atomic E-state index is 4.52. The van der Waals surface area contributed by atoms with Crippen molar-refractivity contribution in [2.45, 2.75) is 19.5 Å². The van der Waals surface area contributed by atoms with Crippen molar-refractivity contribution in [1.29, 1.82) is 0 Å². The summed E-state index contributed by atoms with van der Waals surface area (Å²) >= 11 is 1.85. The lowest BCUT2D eigenvalue weighted by Crippen LogP contribution is -2.22. The summed E-state index contributed by atoms with van der Waals surface area (Å²) < 4.78 is 0. The van der Waals surface area contributed by atoms with E-state index in [1.807, 2.05) is 23.7 Å². The number of hydrogen-bond acceptors (Lipinski definition) is 5. The fourth-order valence-corrected chi connectivity index (χ4v) is 3.91. The maximum Gasteiger partial charge on any atom is 0.116 e. The van der Waals surface area contributed by atoms with Crippen molar-refractivity contribution in [1.82, 2.24) is 15.3 Å². The van der Waals surface area contributed by atoms with Gasteiger partial charge in [-0.2, -0.15) is 0 Å². The molecule has 0 atom stereocenters. The van der Waals surface area contributed by atoms with Crippen LogP contribution in [0.4, 0.5) is 0 Å². The average Bonchev–Trinajstić information content (AvgIpc) is 2.69. The number of nitrogens with one attached hydrogen (secondary N) is 1. The van der Waals surface area contributed by atoms with Crippen LogP contribution in [0.3, 0.4) is 0 Å². The Bertz CT molecular complexity index is 644. The Hall–Kier alpha value is -1.59. The Morgan fingerprint density at radius 1 is 1.33 bits per heavy atom. The number of rotatable bonds is 0. The molecule has 4 nitrogen and oxygen atoms in total. The molecule has 90 valence electrons. The van der Waals surface area contributed by atoms with E-state index < -0.39 is 0 Å². The summed E-state index contributed by atoms with van der Waals surface area (Å²) in [6.07, 6.45) is 6.63. The van der Waals surface area contributed by atoms with Crippen molar-refractivity contribution >= 4 is 17.6 Å². The highest BCUT2D eigenvalue weighted by molar-refractivity contribution is 7.16. The van der Waals surface area contributed by atoms with Gasteiger partial charge in [0.15, 0.2) is 0 Å². The van der Waals surface area contributed by atoms with Crippen molar-refractivity contribution in [3.8, 4) is 10.6 Å². The zero-order valence-corrected chi connectivity index (χ0v) is 10.6. The monoisotopic (exact) mass is 256 g/mol. The molecule has 4 rings (SSSR count). The van der Waals surface area contributed by atoms with Crippen LogP contribution in [0.25, 0.3) is 10.6 Å². The van der Waals surface area contributed by atoms with E-state index >= 15 is 0 Å². The van der Waals surface area contributed by atoms with Crippen molar-refractivity contribution in [3.05, 3.63) is 34.1 Å². The van der Waals surface area contributed by atoms with Crippen molar-refractivity contribution < 1.29 is 0 Å². The topological polar surface area (TPSA) is 50.2 Å². The molecule has 2 aliphatic heterocycles. The zero-order valence-electron chi connectivity index (χ0n) is 9.81. The van der Waals surface area contributed by atoms with Gasteiger partial charge in [0.1, 0.15) is 6.33 Å². The van der Waals surface area contributed by atoms with Crippen molar-refractivity contribution in [2.75, 3.05) is 6.54 Å². The van der Waals surface area contributed by atoms with Crippen LogP contribution in [-0.4, -0.2) is 22.7 Å². The van der Waals surface area contributed by atoms with Gasteiger partial charge in [0, 0.05) is 35.0 Å². The van der Waals surface area contributed by atoms with E-state index in [9.17, 15) is 0 Å². The summed E-state index contributed by atoms with van der Waals surface area (Å²) in [7, 11) is 0. The molecule has 0 saturated carbocycles. The van der Waals surface area contributed by atoms with Crippen LogP contribution in [0.5, 0.6) is 0 Å². The van der Waals surface area contributed by atoms with E-state index in [1.165, 1.54) is 20.9 Å². The molecular formula is C13H12N4S. The van der Waals surface area contributed by atoms with Crippen LogP contribution in [0.15, 0.2) is 17.5 Å². The Labute approximate surface area is 109 Å². The second kappa shape index (κ2) is 3.96. The van der Waals surface area contributed by atoms with Gasteiger partial charge in [0.25, 0.3) is 0 Å². The third kappa shape index (κ3) is 1.44. The van der Waals surface area contributed by atoms with Crippen LogP contribution in [0.1, 0.15) is 21.6 Å². The molecule has 1 N–H and O–H groups in total. The lowest BCUT2D eigenvalue weighted by molar-refractivity contribution is 0.654. The molecule has 2 aliphatic rings. The van der Waals surface area contributed by atoms with E-state index in [1.54, 1.807) is 6.33 Å². The van der Waals surface area contributed by atoms with E-state index in [-0.39, 0.29) is 0 Å². The predicted octanol–water partition coefficient (Wildman–Crippen LogP) is 1.78. The minimum absolute atomic E-state index is 0.685. The molecule has 0 saturated heterocycles. The van der Waals surface area contributed by atoms with Gasteiger partial charge in [0.2, 0.25) is 0 Å². The quantitative estimate of drug-likeness (QED) is 0.781. The van der Waals surface area contributed by atoms with Gasteiger partial charge in [-0.3, -0.25) is 4.99 Å². The van der Waals surface area contributed by atoms with Gasteiger partial charge in [-0.05, 0) is 18.5 Å². The number of nitrogens with zero attached hydrogens (tertiary/aromatic N) is 3. The maximum atomic E-state index is 4.52. The van der Waals surface area contributed by atoms with Gasteiger partial charge in [-0.1, -0.05) is 0 Å². The Morgan fingerprint density at radius 3 is 3.33 bits per heavy atom. The average molecular weight is 256 g/mol. The van der Waals surface area contributed by atoms with Crippen LogP contribution in [0, 0.1) is 0 Å². The minimum Gasteiger partial charge on any atom is -0.312 e. The first-order valence-corrected chi connectivity index (χ1v) is 6.89.